The molecule has 0 saturated carbocycles. The normalized spacial score (nSPS) is 12.9. The van der Waals surface area contributed by atoms with Crippen LogP contribution in [0.4, 0.5) is 4.39 Å². The van der Waals surface area contributed by atoms with Gasteiger partial charge in [-0.2, -0.15) is 0 Å². The highest BCUT2D eigenvalue weighted by Gasteiger charge is 2.36. The number of aliphatic carboxylic acids is 1. The Balaban J connectivity index is 2.07. The number of hydrogen-bond donors (Lipinski definition) is 2. The number of hydrogen-bond acceptors (Lipinski definition) is 3. The fourth-order valence-corrected chi connectivity index (χ4v) is 5.73. The Morgan fingerprint density at radius 2 is 1.87 bits per heavy atom. The second kappa shape index (κ2) is 7.46. The number of H-pyrrole nitrogens is 1. The van der Waals surface area contributed by atoms with Gasteiger partial charge in [0.25, 0.3) is 0 Å². The summed E-state index contributed by atoms with van der Waals surface area (Å²) in [5, 5.41) is 8.19. The Bertz CT molecular complexity index is 1330. The first-order valence-corrected chi connectivity index (χ1v) is 10.8. The fraction of sp³-hybridized carbons (Fsp3) is 0.136. The van der Waals surface area contributed by atoms with E-state index in [1.54, 1.807) is 43.5 Å². The van der Waals surface area contributed by atoms with Crippen LogP contribution in [0.2, 0.25) is 0 Å². The van der Waals surface area contributed by atoms with Crippen LogP contribution < -0.4 is 0 Å². The number of sulfone groups is 1. The maximum atomic E-state index is 14.2. The molecule has 1 atom stereocenters. The summed E-state index contributed by atoms with van der Waals surface area (Å²) in [6.45, 7) is 1.68. The summed E-state index contributed by atoms with van der Waals surface area (Å²) in [6.07, 6.45) is 2.51. The number of pyridine rings is 1. The molecule has 0 fully saturated rings. The predicted octanol–water partition coefficient (Wildman–Crippen LogP) is 3.91. The molecular formula is C22H19FN2O4S. The zero-order chi connectivity index (χ0) is 21.5. The van der Waals surface area contributed by atoms with Crippen LogP contribution in [-0.4, -0.2) is 28.9 Å². The lowest BCUT2D eigenvalue weighted by atomic mass is 10.1. The number of rotatable bonds is 6. The van der Waals surface area contributed by atoms with Gasteiger partial charge < -0.3 is 14.5 Å². The molecule has 6 nitrogen and oxygen atoms in total. The predicted molar refractivity (Wildman–Crippen MR) is 110 cm³/mol. The third-order valence-corrected chi connectivity index (χ3v) is 7.21. The van der Waals surface area contributed by atoms with Crippen molar-refractivity contribution in [2.24, 2.45) is 0 Å². The second-order valence-electron chi connectivity index (χ2n) is 7.03. The van der Waals surface area contributed by atoms with E-state index in [-0.39, 0.29) is 11.3 Å². The van der Waals surface area contributed by atoms with E-state index in [1.165, 1.54) is 34.9 Å². The topological polar surface area (TPSA) is 91.6 Å². The molecule has 154 valence electrons. The lowest BCUT2D eigenvalue weighted by Crippen LogP contribution is -2.18. The van der Waals surface area contributed by atoms with E-state index in [9.17, 15) is 22.7 Å². The molecule has 0 aliphatic carbocycles. The van der Waals surface area contributed by atoms with Crippen molar-refractivity contribution in [2.45, 2.75) is 23.5 Å². The maximum absolute atomic E-state index is 14.2. The zero-order valence-corrected chi connectivity index (χ0v) is 16.9. The van der Waals surface area contributed by atoms with Gasteiger partial charge in [0.05, 0.1) is 17.0 Å². The van der Waals surface area contributed by atoms with Crippen molar-refractivity contribution < 1.29 is 22.7 Å². The molecule has 8 heteroatoms. The number of nitrogens with one attached hydrogen (secondary N) is 1. The summed E-state index contributed by atoms with van der Waals surface area (Å²) in [6, 6.07) is 14.1. The minimum absolute atomic E-state index is 0.120. The van der Waals surface area contributed by atoms with Crippen LogP contribution in [0, 0.1) is 12.7 Å². The third kappa shape index (κ3) is 3.29. The monoisotopic (exact) mass is 426 g/mol. The molecule has 0 saturated heterocycles. The number of carboxylic acid groups (broad SMARTS) is 1. The van der Waals surface area contributed by atoms with Crippen molar-refractivity contribution in [2.75, 3.05) is 0 Å². The SMILES string of the molecule is Cc1c(CC(=O)O)c2ccc(F)cn2c1C(c1ccc[nH]1)S(=O)(=O)c1ccccc1. The molecule has 4 aromatic rings. The number of aromatic amines is 1. The van der Waals surface area contributed by atoms with E-state index in [0.29, 0.717) is 28.0 Å². The molecule has 3 aromatic heterocycles. The largest absolute Gasteiger partial charge is 0.481 e. The molecule has 1 unspecified atom stereocenters. The van der Waals surface area contributed by atoms with Crippen LogP contribution >= 0.6 is 0 Å². The van der Waals surface area contributed by atoms with Gasteiger partial charge >= 0.3 is 5.97 Å². The summed E-state index contributed by atoms with van der Waals surface area (Å²) in [5.74, 6) is -1.60. The van der Waals surface area contributed by atoms with Crippen molar-refractivity contribution >= 4 is 21.3 Å². The highest BCUT2D eigenvalue weighted by molar-refractivity contribution is 7.91. The van der Waals surface area contributed by atoms with E-state index in [2.05, 4.69) is 4.98 Å². The smallest absolute Gasteiger partial charge is 0.307 e. The van der Waals surface area contributed by atoms with Gasteiger partial charge in [-0.25, -0.2) is 12.8 Å². The number of carbonyl (C=O) groups is 1. The van der Waals surface area contributed by atoms with Crippen molar-refractivity contribution in [3.63, 3.8) is 0 Å². The van der Waals surface area contributed by atoms with Crippen molar-refractivity contribution in [1.82, 2.24) is 9.38 Å². The van der Waals surface area contributed by atoms with E-state index in [4.69, 9.17) is 0 Å². The van der Waals surface area contributed by atoms with Gasteiger partial charge in [0, 0.05) is 23.6 Å². The maximum Gasteiger partial charge on any atom is 0.307 e. The molecule has 0 aliphatic rings. The summed E-state index contributed by atoms with van der Waals surface area (Å²) < 4.78 is 43.0. The van der Waals surface area contributed by atoms with E-state index < -0.39 is 26.9 Å². The number of fused-ring (bicyclic) bond motifs is 1. The minimum Gasteiger partial charge on any atom is -0.481 e. The number of benzene rings is 1. The quantitative estimate of drug-likeness (QED) is 0.489. The summed E-state index contributed by atoms with van der Waals surface area (Å²) in [4.78, 5) is 14.5. The lowest BCUT2D eigenvalue weighted by molar-refractivity contribution is -0.136. The average Bonchev–Trinajstić information content (AvgIpc) is 3.32. The summed E-state index contributed by atoms with van der Waals surface area (Å²) >= 11 is 0. The first-order chi connectivity index (χ1) is 14.3. The molecule has 30 heavy (non-hydrogen) atoms. The average molecular weight is 426 g/mol. The van der Waals surface area contributed by atoms with Crippen LogP contribution in [0.1, 0.15) is 27.8 Å². The van der Waals surface area contributed by atoms with E-state index in [1.807, 2.05) is 0 Å². The fourth-order valence-electron chi connectivity index (χ4n) is 3.86. The van der Waals surface area contributed by atoms with Crippen LogP contribution in [0.25, 0.3) is 5.52 Å². The van der Waals surface area contributed by atoms with Crippen LogP contribution in [0.3, 0.4) is 0 Å². The van der Waals surface area contributed by atoms with Crippen molar-refractivity contribution in [3.05, 3.63) is 95.3 Å². The van der Waals surface area contributed by atoms with Gasteiger partial charge in [0.15, 0.2) is 9.84 Å². The second-order valence-corrected chi connectivity index (χ2v) is 9.06. The standard InChI is InChI=1S/C22H19FN2O4S/c1-14-17(12-20(26)27)19-10-9-15(23)13-25(19)21(14)22(18-8-5-11-24-18)30(28,29)16-6-3-2-4-7-16/h2-11,13,22,24H,12H2,1H3,(H,26,27). The molecular weight excluding hydrogens is 407 g/mol. The van der Waals surface area contributed by atoms with Crippen molar-refractivity contribution in [3.8, 4) is 0 Å². The Kier molecular flexibility index (Phi) is 4.95. The number of nitrogens with zero attached hydrogens (tertiary/aromatic N) is 1. The van der Waals surface area contributed by atoms with Crippen LogP contribution in [-0.2, 0) is 21.1 Å². The van der Waals surface area contributed by atoms with Gasteiger partial charge in [0.2, 0.25) is 0 Å². The molecule has 0 bridgehead atoms. The third-order valence-electron chi connectivity index (χ3n) is 5.18. The minimum atomic E-state index is -3.94. The zero-order valence-electron chi connectivity index (χ0n) is 16.0. The molecule has 0 aliphatic heterocycles. The summed E-state index contributed by atoms with van der Waals surface area (Å²) in [7, 11) is -3.94. The molecule has 0 spiro atoms. The van der Waals surface area contributed by atoms with Gasteiger partial charge in [-0.05, 0) is 54.4 Å². The molecule has 1 aromatic carbocycles. The van der Waals surface area contributed by atoms with Crippen molar-refractivity contribution in [1.29, 1.82) is 0 Å². The lowest BCUT2D eigenvalue weighted by Gasteiger charge is -2.19. The Hall–Kier alpha value is -3.39. The van der Waals surface area contributed by atoms with Gasteiger partial charge in [-0.15, -0.1) is 0 Å². The molecule has 0 radical (unpaired) electrons. The first kappa shape index (κ1) is 19.9. The molecule has 3 heterocycles. The number of halogens is 1. The Morgan fingerprint density at radius 3 is 2.50 bits per heavy atom. The molecule has 2 N–H and O–H groups in total. The number of carboxylic acids is 1. The first-order valence-electron chi connectivity index (χ1n) is 9.23. The Labute approximate surface area is 172 Å². The van der Waals surface area contributed by atoms with E-state index >= 15 is 0 Å². The van der Waals surface area contributed by atoms with Crippen LogP contribution in [0.5, 0.6) is 0 Å². The highest BCUT2D eigenvalue weighted by Crippen LogP contribution is 2.39. The van der Waals surface area contributed by atoms with Crippen LogP contribution in [0.15, 0.2) is 71.9 Å². The number of aromatic nitrogens is 2. The van der Waals surface area contributed by atoms with E-state index in [0.717, 1.165) is 0 Å². The molecule has 4 rings (SSSR count). The Morgan fingerprint density at radius 1 is 1.13 bits per heavy atom. The van der Waals surface area contributed by atoms with Gasteiger partial charge in [-0.1, -0.05) is 18.2 Å². The molecule has 0 amide bonds. The van der Waals surface area contributed by atoms with Gasteiger partial charge in [0.1, 0.15) is 11.1 Å². The summed E-state index contributed by atoms with van der Waals surface area (Å²) in [5.41, 5.74) is 2.14. The van der Waals surface area contributed by atoms with Gasteiger partial charge in [-0.3, -0.25) is 4.79 Å². The highest BCUT2D eigenvalue weighted by atomic mass is 32.2.